The molecule has 0 fully saturated rings. The van der Waals surface area contributed by atoms with Gasteiger partial charge < -0.3 is 11.2 Å². The second-order valence-electron chi connectivity index (χ2n) is 5.56. The van der Waals surface area contributed by atoms with E-state index in [2.05, 4.69) is 15.5 Å². The number of nitrogens with two attached hydrogens (primary N) is 1. The second-order valence-corrected chi connectivity index (χ2v) is 7.31. The van der Waals surface area contributed by atoms with E-state index < -0.39 is 22.8 Å². The highest BCUT2D eigenvalue weighted by Gasteiger charge is 2.20. The van der Waals surface area contributed by atoms with Gasteiger partial charge in [-0.15, -0.1) is 10.2 Å². The van der Waals surface area contributed by atoms with E-state index >= 15 is 0 Å². The molecule has 6 nitrogen and oxygen atoms in total. The summed E-state index contributed by atoms with van der Waals surface area (Å²) in [5.74, 6) is 4.01. The summed E-state index contributed by atoms with van der Waals surface area (Å²) in [6.07, 6.45) is 0. The summed E-state index contributed by atoms with van der Waals surface area (Å²) in [5.41, 5.74) is 0.877. The molecule has 0 aliphatic heterocycles. The maximum Gasteiger partial charge on any atom is 0.237 e. The lowest BCUT2D eigenvalue weighted by atomic mass is 10.2. The first-order chi connectivity index (χ1) is 12.8. The van der Waals surface area contributed by atoms with Crippen LogP contribution >= 0.6 is 23.4 Å². The molecule has 140 valence electrons. The van der Waals surface area contributed by atoms with Crippen molar-refractivity contribution < 1.29 is 13.6 Å². The first-order valence-corrected chi connectivity index (χ1v) is 9.00. The lowest BCUT2D eigenvalue weighted by Crippen LogP contribution is -2.23. The third kappa shape index (κ3) is 4.37. The summed E-state index contributed by atoms with van der Waals surface area (Å²) >= 11 is 6.95. The molecule has 3 rings (SSSR count). The largest absolute Gasteiger partial charge is 0.335 e. The van der Waals surface area contributed by atoms with Crippen LogP contribution in [0, 0.1) is 11.6 Å². The Bertz CT molecular complexity index is 980. The lowest BCUT2D eigenvalue weighted by molar-refractivity contribution is -0.115. The van der Waals surface area contributed by atoms with E-state index in [1.807, 2.05) is 0 Å². The molecule has 1 aromatic heterocycles. The van der Waals surface area contributed by atoms with Crippen molar-refractivity contribution in [2.24, 2.45) is 0 Å². The Labute approximate surface area is 162 Å². The number of carbonyl (C=O) groups excluding carboxylic acids is 1. The number of amides is 1. The molecule has 10 heteroatoms. The number of nitrogens with one attached hydrogen (secondary N) is 1. The number of thioether (sulfide) groups is 1. The van der Waals surface area contributed by atoms with Gasteiger partial charge in [0, 0.05) is 22.3 Å². The number of anilines is 1. The molecule has 1 atom stereocenters. The number of aromatic nitrogens is 3. The van der Waals surface area contributed by atoms with Crippen LogP contribution in [0.2, 0.25) is 5.02 Å². The Hall–Kier alpha value is -2.65. The molecule has 0 saturated heterocycles. The van der Waals surface area contributed by atoms with Crippen LogP contribution in [-0.4, -0.2) is 26.0 Å². The summed E-state index contributed by atoms with van der Waals surface area (Å²) in [6, 6.07) is 10.0. The smallest absolute Gasteiger partial charge is 0.237 e. The summed E-state index contributed by atoms with van der Waals surface area (Å²) in [7, 11) is 0. The van der Waals surface area contributed by atoms with Gasteiger partial charge in [0.15, 0.2) is 17.5 Å². The number of hydrogen-bond donors (Lipinski definition) is 2. The van der Waals surface area contributed by atoms with Crippen LogP contribution in [0.3, 0.4) is 0 Å². The number of carbonyl (C=O) groups is 1. The molecule has 0 aliphatic carbocycles. The maximum absolute atomic E-state index is 13.2. The highest BCUT2D eigenvalue weighted by Crippen LogP contribution is 2.26. The average molecular weight is 410 g/mol. The highest BCUT2D eigenvalue weighted by molar-refractivity contribution is 8.00. The summed E-state index contributed by atoms with van der Waals surface area (Å²) in [4.78, 5) is 12.3. The normalized spacial score (nSPS) is 12.0. The van der Waals surface area contributed by atoms with E-state index in [0.29, 0.717) is 16.0 Å². The Morgan fingerprint density at radius 2 is 1.89 bits per heavy atom. The molecule has 0 aliphatic rings. The van der Waals surface area contributed by atoms with Gasteiger partial charge in [-0.2, -0.15) is 0 Å². The average Bonchev–Trinajstić information content (AvgIpc) is 2.99. The van der Waals surface area contributed by atoms with Crippen LogP contribution < -0.4 is 11.2 Å². The molecule has 1 amide bonds. The molecule has 1 unspecified atom stereocenters. The molecule has 3 aromatic rings. The number of benzene rings is 2. The van der Waals surface area contributed by atoms with Crippen molar-refractivity contribution in [3.63, 3.8) is 0 Å². The summed E-state index contributed by atoms with van der Waals surface area (Å²) < 4.78 is 27.5. The van der Waals surface area contributed by atoms with Gasteiger partial charge in [-0.25, -0.2) is 13.5 Å². The minimum Gasteiger partial charge on any atom is -0.335 e. The summed E-state index contributed by atoms with van der Waals surface area (Å²) in [5, 5.41) is 10.8. The molecular formula is C17H14ClF2N5OS. The van der Waals surface area contributed by atoms with E-state index in [-0.39, 0.29) is 5.69 Å². The fraction of sp³-hybridized carbons (Fsp3) is 0.118. The number of hydrogen-bond acceptors (Lipinski definition) is 5. The maximum atomic E-state index is 13.2. The topological polar surface area (TPSA) is 85.8 Å². The van der Waals surface area contributed by atoms with Crippen molar-refractivity contribution in [3.05, 3.63) is 59.1 Å². The predicted molar refractivity (Wildman–Crippen MR) is 101 cm³/mol. The van der Waals surface area contributed by atoms with E-state index in [1.165, 1.54) is 10.7 Å². The van der Waals surface area contributed by atoms with Gasteiger partial charge in [-0.1, -0.05) is 23.4 Å². The Morgan fingerprint density at radius 1 is 1.19 bits per heavy atom. The van der Waals surface area contributed by atoms with Gasteiger partial charge in [0.2, 0.25) is 11.1 Å². The monoisotopic (exact) mass is 409 g/mol. The van der Waals surface area contributed by atoms with E-state index in [0.717, 1.165) is 29.5 Å². The molecule has 0 spiro atoms. The standard InChI is InChI=1S/C17H14ClF2N5OS/c1-9(16(26)22-12-6-7-13(19)14(20)8-12)27-17-24-23-15(25(17)21)10-2-4-11(18)5-3-10/h2-9H,21H2,1H3,(H,22,26). The quantitative estimate of drug-likeness (QED) is 0.495. The molecule has 0 radical (unpaired) electrons. The lowest BCUT2D eigenvalue weighted by Gasteiger charge is -2.11. The molecule has 1 heterocycles. The van der Waals surface area contributed by atoms with E-state index in [1.54, 1.807) is 31.2 Å². The molecule has 3 N–H and O–H groups in total. The zero-order valence-electron chi connectivity index (χ0n) is 14.0. The van der Waals surface area contributed by atoms with Crippen molar-refractivity contribution in [3.8, 4) is 11.4 Å². The van der Waals surface area contributed by atoms with Gasteiger partial charge in [0.1, 0.15) is 0 Å². The van der Waals surface area contributed by atoms with Gasteiger partial charge in [0.05, 0.1) is 5.25 Å². The minimum absolute atomic E-state index is 0.155. The Morgan fingerprint density at radius 3 is 2.56 bits per heavy atom. The van der Waals surface area contributed by atoms with Crippen molar-refractivity contribution in [1.29, 1.82) is 0 Å². The second kappa shape index (κ2) is 7.93. The first kappa shape index (κ1) is 19.1. The number of halogens is 3. The SMILES string of the molecule is CC(Sc1nnc(-c2ccc(Cl)cc2)n1N)C(=O)Nc1ccc(F)c(F)c1. The van der Waals surface area contributed by atoms with Crippen LogP contribution in [0.5, 0.6) is 0 Å². The zero-order chi connectivity index (χ0) is 19.6. The van der Waals surface area contributed by atoms with Crippen molar-refractivity contribution in [2.45, 2.75) is 17.3 Å². The van der Waals surface area contributed by atoms with Gasteiger partial charge in [-0.3, -0.25) is 4.79 Å². The molecular weight excluding hydrogens is 396 g/mol. The van der Waals surface area contributed by atoms with Gasteiger partial charge >= 0.3 is 0 Å². The number of nitrogen functional groups attached to an aromatic ring is 1. The Balaban J connectivity index is 1.70. The van der Waals surface area contributed by atoms with Crippen molar-refractivity contribution in [2.75, 3.05) is 11.2 Å². The predicted octanol–water partition coefficient (Wildman–Crippen LogP) is 3.71. The summed E-state index contributed by atoms with van der Waals surface area (Å²) in [6.45, 7) is 1.64. The third-order valence-electron chi connectivity index (χ3n) is 3.61. The van der Waals surface area contributed by atoms with Gasteiger partial charge in [-0.05, 0) is 43.3 Å². The van der Waals surface area contributed by atoms with Crippen LogP contribution in [-0.2, 0) is 4.79 Å². The molecule has 2 aromatic carbocycles. The van der Waals surface area contributed by atoms with Crippen molar-refractivity contribution >= 4 is 35.0 Å². The van der Waals surface area contributed by atoms with Crippen molar-refractivity contribution in [1.82, 2.24) is 14.9 Å². The molecule has 0 saturated carbocycles. The van der Waals surface area contributed by atoms with E-state index in [9.17, 15) is 13.6 Å². The minimum atomic E-state index is -1.04. The van der Waals surface area contributed by atoms with Crippen LogP contribution in [0.4, 0.5) is 14.5 Å². The van der Waals surface area contributed by atoms with Crippen LogP contribution in [0.15, 0.2) is 47.6 Å². The highest BCUT2D eigenvalue weighted by atomic mass is 35.5. The van der Waals surface area contributed by atoms with Crippen LogP contribution in [0.25, 0.3) is 11.4 Å². The third-order valence-corrected chi connectivity index (χ3v) is 4.91. The molecule has 27 heavy (non-hydrogen) atoms. The first-order valence-electron chi connectivity index (χ1n) is 7.74. The molecule has 0 bridgehead atoms. The Kier molecular flexibility index (Phi) is 5.62. The number of nitrogens with zero attached hydrogens (tertiary/aromatic N) is 3. The fourth-order valence-corrected chi connectivity index (χ4v) is 3.08. The van der Waals surface area contributed by atoms with Crippen LogP contribution in [0.1, 0.15) is 6.92 Å². The zero-order valence-corrected chi connectivity index (χ0v) is 15.6. The van der Waals surface area contributed by atoms with E-state index in [4.69, 9.17) is 17.4 Å². The fourth-order valence-electron chi connectivity index (χ4n) is 2.18. The van der Waals surface area contributed by atoms with Gasteiger partial charge in [0.25, 0.3) is 0 Å². The number of rotatable bonds is 5.